The second-order valence-electron chi connectivity index (χ2n) is 5.43. The van der Waals surface area contributed by atoms with Gasteiger partial charge in [-0.05, 0) is 45.0 Å². The van der Waals surface area contributed by atoms with Crippen LogP contribution in [0, 0.1) is 0 Å². The molecule has 0 saturated carbocycles. The summed E-state index contributed by atoms with van der Waals surface area (Å²) >= 11 is 0. The standard InChI is InChI=1S/C14H23N3O3S/c1-11(10-17-7-3-4-8-17)16-21(18,19)12-5-6-13(15)14(9-12)20-2/h5-6,9,11,16H,3-4,7-8,10,15H2,1-2H3. The predicted molar refractivity (Wildman–Crippen MR) is 82.9 cm³/mol. The topological polar surface area (TPSA) is 84.7 Å². The number of hydrogen-bond donors (Lipinski definition) is 2. The Morgan fingerprint density at radius 3 is 2.67 bits per heavy atom. The number of rotatable bonds is 6. The number of methoxy groups -OCH3 is 1. The fourth-order valence-corrected chi connectivity index (χ4v) is 3.83. The fourth-order valence-electron chi connectivity index (χ4n) is 2.58. The number of likely N-dealkylation sites (tertiary alicyclic amines) is 1. The Kier molecular flexibility index (Phi) is 5.08. The minimum atomic E-state index is -3.56. The van der Waals surface area contributed by atoms with E-state index in [9.17, 15) is 8.42 Å². The molecule has 2 rings (SSSR count). The van der Waals surface area contributed by atoms with E-state index in [2.05, 4.69) is 9.62 Å². The number of hydrogen-bond acceptors (Lipinski definition) is 5. The van der Waals surface area contributed by atoms with Crippen molar-refractivity contribution in [3.05, 3.63) is 18.2 Å². The monoisotopic (exact) mass is 313 g/mol. The molecule has 7 heteroatoms. The molecule has 0 amide bonds. The first-order valence-electron chi connectivity index (χ1n) is 7.10. The van der Waals surface area contributed by atoms with Crippen molar-refractivity contribution in [2.24, 2.45) is 0 Å². The maximum Gasteiger partial charge on any atom is 0.240 e. The van der Waals surface area contributed by atoms with Crippen molar-refractivity contribution in [2.45, 2.75) is 30.7 Å². The quantitative estimate of drug-likeness (QED) is 0.767. The Bertz CT molecular complexity index is 583. The second-order valence-corrected chi connectivity index (χ2v) is 7.15. The second kappa shape index (κ2) is 6.64. The first-order chi connectivity index (χ1) is 9.92. The molecule has 0 aromatic heterocycles. The average molecular weight is 313 g/mol. The number of benzene rings is 1. The molecule has 1 atom stereocenters. The molecule has 118 valence electrons. The number of anilines is 1. The van der Waals surface area contributed by atoms with E-state index in [4.69, 9.17) is 10.5 Å². The van der Waals surface area contributed by atoms with Crippen LogP contribution in [-0.2, 0) is 10.0 Å². The van der Waals surface area contributed by atoms with Crippen LogP contribution in [0.25, 0.3) is 0 Å². The van der Waals surface area contributed by atoms with Gasteiger partial charge < -0.3 is 15.4 Å². The highest BCUT2D eigenvalue weighted by atomic mass is 32.2. The molecule has 0 spiro atoms. The first-order valence-corrected chi connectivity index (χ1v) is 8.59. The fraction of sp³-hybridized carbons (Fsp3) is 0.571. The third kappa shape index (κ3) is 4.09. The SMILES string of the molecule is COc1cc(S(=O)(=O)NC(C)CN2CCCC2)ccc1N. The van der Waals surface area contributed by atoms with Crippen LogP contribution in [0.1, 0.15) is 19.8 Å². The van der Waals surface area contributed by atoms with Gasteiger partial charge in [0, 0.05) is 18.7 Å². The Labute approximate surface area is 126 Å². The molecule has 1 aromatic rings. The molecule has 1 aromatic carbocycles. The lowest BCUT2D eigenvalue weighted by Gasteiger charge is -2.21. The van der Waals surface area contributed by atoms with Crippen molar-refractivity contribution in [3.63, 3.8) is 0 Å². The summed E-state index contributed by atoms with van der Waals surface area (Å²) in [4.78, 5) is 2.44. The lowest BCUT2D eigenvalue weighted by Crippen LogP contribution is -2.41. The molecule has 1 heterocycles. The van der Waals surface area contributed by atoms with Crippen LogP contribution < -0.4 is 15.2 Å². The van der Waals surface area contributed by atoms with E-state index in [1.54, 1.807) is 6.07 Å². The Hall–Kier alpha value is -1.31. The van der Waals surface area contributed by atoms with E-state index in [-0.39, 0.29) is 10.9 Å². The number of nitrogen functional groups attached to an aromatic ring is 1. The maximum absolute atomic E-state index is 12.4. The van der Waals surface area contributed by atoms with E-state index in [0.717, 1.165) is 19.6 Å². The molecule has 0 radical (unpaired) electrons. The third-order valence-electron chi connectivity index (χ3n) is 3.60. The smallest absolute Gasteiger partial charge is 0.240 e. The van der Waals surface area contributed by atoms with Crippen molar-refractivity contribution in [1.82, 2.24) is 9.62 Å². The van der Waals surface area contributed by atoms with Gasteiger partial charge in [0.05, 0.1) is 17.7 Å². The first kappa shape index (κ1) is 16.1. The van der Waals surface area contributed by atoms with Gasteiger partial charge in [-0.25, -0.2) is 13.1 Å². The number of sulfonamides is 1. The highest BCUT2D eigenvalue weighted by Crippen LogP contribution is 2.24. The molecular formula is C14H23N3O3S. The number of nitrogens with one attached hydrogen (secondary N) is 1. The molecule has 21 heavy (non-hydrogen) atoms. The number of nitrogens with two attached hydrogens (primary N) is 1. The number of nitrogens with zero attached hydrogens (tertiary/aromatic N) is 1. The highest BCUT2D eigenvalue weighted by molar-refractivity contribution is 7.89. The summed E-state index contributed by atoms with van der Waals surface area (Å²) in [6.45, 7) is 4.69. The van der Waals surface area contributed by atoms with Crippen LogP contribution in [0.5, 0.6) is 5.75 Å². The van der Waals surface area contributed by atoms with Gasteiger partial charge in [-0.3, -0.25) is 0 Å². The highest BCUT2D eigenvalue weighted by Gasteiger charge is 2.21. The molecule has 1 fully saturated rings. The predicted octanol–water partition coefficient (Wildman–Crippen LogP) is 1.04. The Balaban J connectivity index is 2.06. The summed E-state index contributed by atoms with van der Waals surface area (Å²) in [5.41, 5.74) is 6.12. The van der Waals surface area contributed by atoms with Crippen molar-refractivity contribution >= 4 is 15.7 Å². The summed E-state index contributed by atoms with van der Waals surface area (Å²) in [5.74, 6) is 0.366. The van der Waals surface area contributed by atoms with Crippen molar-refractivity contribution in [3.8, 4) is 5.75 Å². The van der Waals surface area contributed by atoms with Crippen molar-refractivity contribution in [1.29, 1.82) is 0 Å². The van der Waals surface area contributed by atoms with E-state index in [0.29, 0.717) is 11.4 Å². The minimum absolute atomic E-state index is 0.142. The van der Waals surface area contributed by atoms with E-state index < -0.39 is 10.0 Å². The van der Waals surface area contributed by atoms with E-state index in [1.165, 1.54) is 32.1 Å². The molecule has 0 bridgehead atoms. The molecule has 1 unspecified atom stereocenters. The van der Waals surface area contributed by atoms with Gasteiger partial charge in [0.15, 0.2) is 0 Å². The van der Waals surface area contributed by atoms with Gasteiger partial charge in [0.2, 0.25) is 10.0 Å². The van der Waals surface area contributed by atoms with Gasteiger partial charge in [-0.2, -0.15) is 0 Å². The lowest BCUT2D eigenvalue weighted by molar-refractivity contribution is 0.312. The lowest BCUT2D eigenvalue weighted by atomic mass is 10.3. The van der Waals surface area contributed by atoms with Crippen LogP contribution >= 0.6 is 0 Å². The normalized spacial score (nSPS) is 17.8. The van der Waals surface area contributed by atoms with Gasteiger partial charge in [0.1, 0.15) is 5.75 Å². The van der Waals surface area contributed by atoms with Gasteiger partial charge in [0.25, 0.3) is 0 Å². The summed E-state index contributed by atoms with van der Waals surface area (Å²) in [6, 6.07) is 4.33. The molecule has 3 N–H and O–H groups in total. The zero-order valence-corrected chi connectivity index (χ0v) is 13.3. The molecule has 6 nitrogen and oxygen atoms in total. The van der Waals surface area contributed by atoms with Crippen LogP contribution in [-0.4, -0.2) is 46.1 Å². The van der Waals surface area contributed by atoms with E-state index in [1.807, 2.05) is 6.92 Å². The molecule has 1 aliphatic rings. The van der Waals surface area contributed by atoms with Gasteiger partial charge in [-0.15, -0.1) is 0 Å². The third-order valence-corrected chi connectivity index (χ3v) is 5.19. The summed E-state index contributed by atoms with van der Waals surface area (Å²) in [6.07, 6.45) is 2.38. The van der Waals surface area contributed by atoms with Crippen molar-refractivity contribution < 1.29 is 13.2 Å². The van der Waals surface area contributed by atoms with Crippen LogP contribution in [0.4, 0.5) is 5.69 Å². The summed E-state index contributed by atoms with van der Waals surface area (Å²) in [5, 5.41) is 0. The minimum Gasteiger partial charge on any atom is -0.495 e. The van der Waals surface area contributed by atoms with Gasteiger partial charge >= 0.3 is 0 Å². The average Bonchev–Trinajstić information content (AvgIpc) is 2.91. The van der Waals surface area contributed by atoms with Gasteiger partial charge in [-0.1, -0.05) is 0 Å². The molecule has 1 aliphatic heterocycles. The summed E-state index contributed by atoms with van der Waals surface area (Å²) < 4.78 is 32.5. The Morgan fingerprint density at radius 2 is 2.05 bits per heavy atom. The largest absolute Gasteiger partial charge is 0.495 e. The maximum atomic E-state index is 12.4. The van der Waals surface area contributed by atoms with Crippen LogP contribution in [0.2, 0.25) is 0 Å². The van der Waals surface area contributed by atoms with Crippen LogP contribution in [0.3, 0.4) is 0 Å². The molecular weight excluding hydrogens is 290 g/mol. The Morgan fingerprint density at radius 1 is 1.38 bits per heavy atom. The van der Waals surface area contributed by atoms with Crippen LogP contribution in [0.15, 0.2) is 23.1 Å². The number of ether oxygens (including phenoxy) is 1. The molecule has 0 aliphatic carbocycles. The summed E-state index contributed by atoms with van der Waals surface area (Å²) in [7, 11) is -2.10. The van der Waals surface area contributed by atoms with Crippen molar-refractivity contribution in [2.75, 3.05) is 32.5 Å². The zero-order valence-electron chi connectivity index (χ0n) is 12.5. The molecule has 1 saturated heterocycles. The zero-order chi connectivity index (χ0) is 15.5. The van der Waals surface area contributed by atoms with E-state index >= 15 is 0 Å².